The van der Waals surface area contributed by atoms with Gasteiger partial charge in [0.15, 0.2) is 5.69 Å². The van der Waals surface area contributed by atoms with Gasteiger partial charge in [0.1, 0.15) is 10.7 Å². The number of ether oxygens (including phenoxy) is 1. The van der Waals surface area contributed by atoms with Crippen LogP contribution in [0.15, 0.2) is 64.9 Å². The molecule has 5 aromatic rings. The van der Waals surface area contributed by atoms with Crippen molar-refractivity contribution in [2.45, 2.75) is 62.7 Å². The molecule has 2 N–H and O–H groups in total. The number of hydrogen-bond acceptors (Lipinski definition) is 8. The Kier molecular flexibility index (Phi) is 8.16. The van der Waals surface area contributed by atoms with E-state index in [9.17, 15) is 17.6 Å². The van der Waals surface area contributed by atoms with Crippen LogP contribution in [0.2, 0.25) is 0 Å². The molecule has 2 saturated carbocycles. The van der Waals surface area contributed by atoms with Crippen LogP contribution in [0.3, 0.4) is 0 Å². The van der Waals surface area contributed by atoms with Crippen LogP contribution in [0.25, 0.3) is 16.4 Å². The van der Waals surface area contributed by atoms with Gasteiger partial charge in [-0.15, -0.1) is 22.7 Å². The zero-order chi connectivity index (χ0) is 32.2. The van der Waals surface area contributed by atoms with Crippen molar-refractivity contribution in [3.63, 3.8) is 0 Å². The molecule has 0 saturated heterocycles. The lowest BCUT2D eigenvalue weighted by molar-refractivity contribution is 0.0520. The maximum Gasteiger partial charge on any atom is 0.357 e. The lowest BCUT2D eigenvalue weighted by atomic mass is 9.95. The van der Waals surface area contributed by atoms with Gasteiger partial charge < -0.3 is 4.74 Å². The summed E-state index contributed by atoms with van der Waals surface area (Å²) in [6.07, 6.45) is 4.37. The molecule has 2 unspecified atom stereocenters. The van der Waals surface area contributed by atoms with Crippen LogP contribution in [-0.4, -0.2) is 35.8 Å². The molecule has 3 aromatic heterocycles. The first-order valence-corrected chi connectivity index (χ1v) is 18.5. The molecule has 46 heavy (non-hydrogen) atoms. The molecule has 0 radical (unpaired) electrons. The number of nitrogens with two attached hydrogens (primary N) is 1. The van der Waals surface area contributed by atoms with Crippen LogP contribution in [0.1, 0.15) is 80.6 Å². The number of carbonyl (C=O) groups excluding carboxylic acids is 1. The van der Waals surface area contributed by atoms with Crippen LogP contribution < -0.4 is 5.14 Å². The third kappa shape index (κ3) is 6.31. The molecular formula is C34H33FN4O4S3. The van der Waals surface area contributed by atoms with Crippen molar-refractivity contribution < 1.29 is 22.3 Å². The predicted molar refractivity (Wildman–Crippen MR) is 177 cm³/mol. The second-order valence-corrected chi connectivity index (χ2v) is 15.8. The Morgan fingerprint density at radius 1 is 1.13 bits per heavy atom. The van der Waals surface area contributed by atoms with Crippen molar-refractivity contribution >= 4 is 38.7 Å². The van der Waals surface area contributed by atoms with E-state index in [1.807, 2.05) is 22.1 Å². The van der Waals surface area contributed by atoms with Gasteiger partial charge >= 0.3 is 5.97 Å². The van der Waals surface area contributed by atoms with Gasteiger partial charge in [0.05, 0.1) is 18.0 Å². The molecule has 0 spiro atoms. The Labute approximate surface area is 275 Å². The Bertz CT molecular complexity index is 2060. The largest absolute Gasteiger partial charge is 0.461 e. The SMILES string of the molecule is CCOC(=O)c1csc(-n2nc(-c3cccc(C4CC4c4ccc(C)s4)c3)c(Cc3ccc(S(N)(=O)=O)c(F)c3)c2CC2CC2)n1. The minimum atomic E-state index is -4.20. The number of carbonyl (C=O) groups is 1. The Morgan fingerprint density at radius 2 is 1.96 bits per heavy atom. The number of hydrogen-bond donors (Lipinski definition) is 1. The first kappa shape index (κ1) is 30.9. The number of thiazole rings is 1. The highest BCUT2D eigenvalue weighted by atomic mass is 32.2. The summed E-state index contributed by atoms with van der Waals surface area (Å²) < 4.78 is 45.8. The first-order valence-electron chi connectivity index (χ1n) is 15.3. The van der Waals surface area contributed by atoms with E-state index < -0.39 is 26.7 Å². The van der Waals surface area contributed by atoms with E-state index in [0.717, 1.165) is 48.2 Å². The Morgan fingerprint density at radius 3 is 2.65 bits per heavy atom. The Balaban J connectivity index is 1.33. The lowest BCUT2D eigenvalue weighted by Crippen LogP contribution is -2.14. The van der Waals surface area contributed by atoms with Crippen LogP contribution in [-0.2, 0) is 27.6 Å². The van der Waals surface area contributed by atoms with Crippen LogP contribution in [0, 0.1) is 18.7 Å². The highest BCUT2D eigenvalue weighted by molar-refractivity contribution is 7.89. The number of nitrogens with zero attached hydrogens (tertiary/aromatic N) is 3. The summed E-state index contributed by atoms with van der Waals surface area (Å²) >= 11 is 3.17. The number of esters is 1. The summed E-state index contributed by atoms with van der Waals surface area (Å²) in [4.78, 5) is 19.3. The molecule has 0 bridgehead atoms. The highest BCUT2D eigenvalue weighted by Crippen LogP contribution is 2.56. The van der Waals surface area contributed by atoms with Crippen molar-refractivity contribution in [1.29, 1.82) is 0 Å². The van der Waals surface area contributed by atoms with Gasteiger partial charge in [0.2, 0.25) is 15.2 Å². The maximum absolute atomic E-state index is 15.0. The average Bonchev–Trinajstić information content (AvgIpc) is 3.87. The number of halogens is 1. The summed E-state index contributed by atoms with van der Waals surface area (Å²) in [6.45, 7) is 4.14. The number of rotatable bonds is 11. The van der Waals surface area contributed by atoms with Gasteiger partial charge in [-0.25, -0.2) is 32.4 Å². The fraction of sp³-hybridized carbons (Fsp3) is 0.324. The average molecular weight is 677 g/mol. The van der Waals surface area contributed by atoms with Crippen LogP contribution in [0.5, 0.6) is 0 Å². The monoisotopic (exact) mass is 676 g/mol. The van der Waals surface area contributed by atoms with Gasteiger partial charge in [0, 0.05) is 38.6 Å². The molecule has 2 fully saturated rings. The zero-order valence-electron chi connectivity index (χ0n) is 25.4. The topological polar surface area (TPSA) is 117 Å². The van der Waals surface area contributed by atoms with Crippen molar-refractivity contribution in [2.75, 3.05) is 6.61 Å². The molecule has 2 aliphatic rings. The summed E-state index contributed by atoms with van der Waals surface area (Å²) in [5, 5.41) is 12.6. The molecule has 3 heterocycles. The minimum Gasteiger partial charge on any atom is -0.461 e. The quantitative estimate of drug-likeness (QED) is 0.149. The number of sulfonamides is 1. The number of benzene rings is 2. The molecule has 2 aliphatic carbocycles. The lowest BCUT2D eigenvalue weighted by Gasteiger charge is -2.10. The zero-order valence-corrected chi connectivity index (χ0v) is 27.9. The first-order chi connectivity index (χ1) is 22.1. The number of thiophene rings is 1. The van der Waals surface area contributed by atoms with Crippen molar-refractivity contribution in [3.8, 4) is 16.4 Å². The van der Waals surface area contributed by atoms with Crippen molar-refractivity contribution in [1.82, 2.24) is 14.8 Å². The maximum atomic E-state index is 15.0. The normalized spacial score (nSPS) is 17.7. The molecule has 2 aromatic carbocycles. The second-order valence-electron chi connectivity index (χ2n) is 12.1. The van der Waals surface area contributed by atoms with Crippen molar-refractivity contribution in [2.24, 2.45) is 11.1 Å². The van der Waals surface area contributed by atoms with E-state index in [1.165, 1.54) is 38.8 Å². The predicted octanol–water partition coefficient (Wildman–Crippen LogP) is 7.14. The van der Waals surface area contributed by atoms with E-state index in [4.69, 9.17) is 15.0 Å². The summed E-state index contributed by atoms with van der Waals surface area (Å²) in [7, 11) is -4.20. The summed E-state index contributed by atoms with van der Waals surface area (Å²) in [6, 6.07) is 16.9. The van der Waals surface area contributed by atoms with E-state index in [1.54, 1.807) is 18.4 Å². The number of primary sulfonamides is 1. The molecule has 8 nitrogen and oxygen atoms in total. The fourth-order valence-corrected chi connectivity index (χ4v) is 8.48. The summed E-state index contributed by atoms with van der Waals surface area (Å²) in [5.41, 5.74) is 5.64. The molecule has 238 valence electrons. The third-order valence-corrected chi connectivity index (χ3v) is 11.5. The van der Waals surface area contributed by atoms with Gasteiger partial charge in [-0.3, -0.25) is 0 Å². The third-order valence-electron chi connectivity index (χ3n) is 8.62. The number of aryl methyl sites for hydroxylation is 1. The standard InChI is InChI=1S/C34H33FN4O4S3/c1-3-43-33(40)28-18-44-34(37-28)39-29(15-20-8-9-20)26(13-21-10-12-31(27(35)14-21)46(36,41)42)32(38-39)23-6-4-5-22(16-23)24-17-25(24)30-11-7-19(2)45-30/h4-7,10-12,14,16,18,20,24-25H,3,8-9,13,15,17H2,1-2H3,(H2,36,41,42). The molecule has 0 aliphatic heterocycles. The molecule has 7 rings (SSSR count). The summed E-state index contributed by atoms with van der Waals surface area (Å²) in [5.74, 6) is 0.0521. The van der Waals surface area contributed by atoms with Crippen LogP contribution in [0.4, 0.5) is 4.39 Å². The van der Waals surface area contributed by atoms with E-state index in [-0.39, 0.29) is 12.3 Å². The van der Waals surface area contributed by atoms with Gasteiger partial charge in [-0.05, 0) is 92.8 Å². The Hall–Kier alpha value is -3.71. The molecule has 12 heteroatoms. The van der Waals surface area contributed by atoms with Gasteiger partial charge in [0.25, 0.3) is 0 Å². The van der Waals surface area contributed by atoms with E-state index in [2.05, 4.69) is 42.2 Å². The van der Waals surface area contributed by atoms with Gasteiger partial charge in [-0.2, -0.15) is 5.10 Å². The second kappa shape index (κ2) is 12.1. The smallest absolute Gasteiger partial charge is 0.357 e. The van der Waals surface area contributed by atoms with Crippen molar-refractivity contribution in [3.05, 3.63) is 104 Å². The molecule has 2 atom stereocenters. The van der Waals surface area contributed by atoms with E-state index >= 15 is 0 Å². The number of aromatic nitrogens is 3. The fourth-order valence-electron chi connectivity index (χ4n) is 6.06. The minimum absolute atomic E-state index is 0.226. The molecular weight excluding hydrogens is 644 g/mol. The van der Waals surface area contributed by atoms with Crippen LogP contribution >= 0.6 is 22.7 Å². The highest BCUT2D eigenvalue weighted by Gasteiger charge is 2.40. The van der Waals surface area contributed by atoms with Gasteiger partial charge in [-0.1, -0.05) is 24.3 Å². The van der Waals surface area contributed by atoms with E-state index in [0.29, 0.717) is 34.9 Å². The molecule has 0 amide bonds.